The van der Waals surface area contributed by atoms with E-state index in [4.69, 9.17) is 4.43 Å². The highest BCUT2D eigenvalue weighted by atomic mass is 28.4. The summed E-state index contributed by atoms with van der Waals surface area (Å²) < 4.78 is 6.14. The van der Waals surface area contributed by atoms with Crippen molar-refractivity contribution in [3.8, 4) is 0 Å². The Hall–Kier alpha value is -0.943. The first kappa shape index (κ1) is 21.1. The highest BCUT2D eigenvalue weighted by Gasteiger charge is 2.37. The second-order valence-corrected chi connectivity index (χ2v) is 13.0. The van der Waals surface area contributed by atoms with E-state index in [1.807, 2.05) is 37.3 Å². The van der Waals surface area contributed by atoms with Crippen LogP contribution in [0.2, 0.25) is 18.1 Å². The topological polar surface area (TPSA) is 49.7 Å². The molecule has 0 heterocycles. The van der Waals surface area contributed by atoms with Gasteiger partial charge >= 0.3 is 0 Å². The molecule has 0 spiro atoms. The molecule has 0 radical (unpaired) electrons. The number of hydrogen-bond donors (Lipinski definition) is 2. The second-order valence-electron chi connectivity index (χ2n) is 8.18. The summed E-state index contributed by atoms with van der Waals surface area (Å²) in [6, 6.07) is 9.43. The third-order valence-corrected chi connectivity index (χ3v) is 9.79. The van der Waals surface area contributed by atoms with Crippen LogP contribution in [0.5, 0.6) is 0 Å². The third kappa shape index (κ3) is 5.55. The number of aliphatic hydroxyl groups is 2. The van der Waals surface area contributed by atoms with Gasteiger partial charge in [0.1, 0.15) is 0 Å². The Morgan fingerprint density at radius 3 is 2.21 bits per heavy atom. The van der Waals surface area contributed by atoms with Gasteiger partial charge in [-0.05, 0) is 35.7 Å². The van der Waals surface area contributed by atoms with Gasteiger partial charge in [0.15, 0.2) is 8.32 Å². The first-order valence-electron chi connectivity index (χ1n) is 8.70. The Morgan fingerprint density at radius 2 is 1.71 bits per heavy atom. The van der Waals surface area contributed by atoms with Crippen molar-refractivity contribution in [3.05, 3.63) is 48.0 Å². The fourth-order valence-electron chi connectivity index (χ4n) is 2.30. The molecule has 0 aromatic heterocycles. The summed E-state index contributed by atoms with van der Waals surface area (Å²) in [7, 11) is -1.78. The number of hydrogen-bond acceptors (Lipinski definition) is 3. The van der Waals surface area contributed by atoms with Gasteiger partial charge in [-0.1, -0.05) is 64.6 Å². The van der Waals surface area contributed by atoms with E-state index in [1.165, 1.54) is 0 Å². The van der Waals surface area contributed by atoms with Gasteiger partial charge in [-0.2, -0.15) is 0 Å². The largest absolute Gasteiger partial charge is 0.417 e. The first-order valence-corrected chi connectivity index (χ1v) is 11.6. The van der Waals surface area contributed by atoms with Gasteiger partial charge in [0.2, 0.25) is 0 Å². The van der Waals surface area contributed by atoms with E-state index < -0.39 is 20.5 Å². The average Bonchev–Trinajstić information content (AvgIpc) is 2.52. The van der Waals surface area contributed by atoms with Gasteiger partial charge in [-0.3, -0.25) is 0 Å². The van der Waals surface area contributed by atoms with Crippen LogP contribution in [0.15, 0.2) is 42.5 Å². The minimum absolute atomic E-state index is 0.170. The van der Waals surface area contributed by atoms with Crippen LogP contribution in [0.4, 0.5) is 0 Å². The van der Waals surface area contributed by atoms with Crippen LogP contribution in [0, 0.1) is 5.92 Å². The second kappa shape index (κ2) is 8.43. The van der Waals surface area contributed by atoms with Crippen LogP contribution < -0.4 is 0 Å². The molecule has 2 N–H and O–H groups in total. The van der Waals surface area contributed by atoms with Gasteiger partial charge < -0.3 is 14.6 Å². The average molecular weight is 351 g/mol. The zero-order valence-corrected chi connectivity index (χ0v) is 17.0. The Morgan fingerprint density at radius 1 is 1.17 bits per heavy atom. The molecule has 136 valence electrons. The molecule has 0 saturated heterocycles. The third-order valence-electron chi connectivity index (χ3n) is 5.25. The first-order chi connectivity index (χ1) is 11.0. The molecular weight excluding hydrogens is 316 g/mol. The minimum Gasteiger partial charge on any atom is -0.417 e. The SMILES string of the molecule is C=C(CCO[Si](C)(C)C(C)(C)C)[C@@H](O)[C@H](C)[C@@H](O)c1ccccc1. The summed E-state index contributed by atoms with van der Waals surface area (Å²) in [6.45, 7) is 17.5. The van der Waals surface area contributed by atoms with E-state index in [2.05, 4.69) is 40.4 Å². The smallest absolute Gasteiger partial charge is 0.191 e. The molecule has 0 amide bonds. The summed E-state index contributed by atoms with van der Waals surface area (Å²) >= 11 is 0. The quantitative estimate of drug-likeness (QED) is 0.528. The van der Waals surface area contributed by atoms with Crippen molar-refractivity contribution in [2.24, 2.45) is 5.92 Å². The van der Waals surface area contributed by atoms with Crippen molar-refractivity contribution in [1.29, 1.82) is 0 Å². The van der Waals surface area contributed by atoms with Crippen molar-refractivity contribution in [2.45, 2.75) is 64.5 Å². The lowest BCUT2D eigenvalue weighted by atomic mass is 9.88. The van der Waals surface area contributed by atoms with E-state index in [-0.39, 0.29) is 11.0 Å². The van der Waals surface area contributed by atoms with Crippen molar-refractivity contribution in [2.75, 3.05) is 6.61 Å². The molecule has 0 unspecified atom stereocenters. The maximum absolute atomic E-state index is 10.5. The predicted octanol–water partition coefficient (Wildman–Crippen LogP) is 4.69. The van der Waals surface area contributed by atoms with Crippen LogP contribution in [-0.2, 0) is 4.43 Å². The van der Waals surface area contributed by atoms with E-state index in [1.54, 1.807) is 0 Å². The molecule has 1 rings (SSSR count). The summed E-state index contributed by atoms with van der Waals surface area (Å²) in [5.41, 5.74) is 1.53. The minimum atomic E-state index is -1.78. The monoisotopic (exact) mass is 350 g/mol. The molecule has 3 atom stereocenters. The molecule has 0 saturated carbocycles. The molecule has 24 heavy (non-hydrogen) atoms. The summed E-state index contributed by atoms with van der Waals surface area (Å²) in [5, 5.41) is 21.1. The maximum Gasteiger partial charge on any atom is 0.191 e. The van der Waals surface area contributed by atoms with Crippen molar-refractivity contribution >= 4 is 8.32 Å². The molecule has 0 aliphatic heterocycles. The highest BCUT2D eigenvalue weighted by molar-refractivity contribution is 6.74. The van der Waals surface area contributed by atoms with Crippen LogP contribution in [-0.4, -0.2) is 31.2 Å². The van der Waals surface area contributed by atoms with Crippen LogP contribution in [0.3, 0.4) is 0 Å². The van der Waals surface area contributed by atoms with Crippen LogP contribution in [0.25, 0.3) is 0 Å². The van der Waals surface area contributed by atoms with E-state index in [0.717, 1.165) is 11.1 Å². The van der Waals surface area contributed by atoms with Gasteiger partial charge in [0.25, 0.3) is 0 Å². The van der Waals surface area contributed by atoms with Gasteiger partial charge in [-0.15, -0.1) is 0 Å². The van der Waals surface area contributed by atoms with Crippen LogP contribution in [0.1, 0.15) is 45.8 Å². The maximum atomic E-state index is 10.5. The van der Waals surface area contributed by atoms with Crippen molar-refractivity contribution in [3.63, 3.8) is 0 Å². The van der Waals surface area contributed by atoms with E-state index in [0.29, 0.717) is 13.0 Å². The molecule has 0 bridgehead atoms. The Labute approximate surface area is 148 Å². The Balaban J connectivity index is 2.56. The van der Waals surface area contributed by atoms with E-state index >= 15 is 0 Å². The molecule has 0 aliphatic rings. The molecule has 1 aromatic carbocycles. The molecule has 0 fully saturated rings. The van der Waals surface area contributed by atoms with Gasteiger partial charge in [0.05, 0.1) is 12.2 Å². The lowest BCUT2D eigenvalue weighted by Crippen LogP contribution is -2.41. The highest BCUT2D eigenvalue weighted by Crippen LogP contribution is 2.37. The molecule has 1 aromatic rings. The number of aliphatic hydroxyl groups excluding tert-OH is 2. The van der Waals surface area contributed by atoms with Crippen LogP contribution >= 0.6 is 0 Å². The summed E-state index contributed by atoms with van der Waals surface area (Å²) in [5.74, 6) is -0.312. The zero-order valence-electron chi connectivity index (χ0n) is 16.0. The lowest BCUT2D eigenvalue weighted by Gasteiger charge is -2.36. The van der Waals surface area contributed by atoms with Gasteiger partial charge in [-0.25, -0.2) is 0 Å². The summed E-state index contributed by atoms with van der Waals surface area (Å²) in [4.78, 5) is 0. The molecular formula is C20H34O3Si. The van der Waals surface area contributed by atoms with Gasteiger partial charge in [0, 0.05) is 12.5 Å². The zero-order chi connectivity index (χ0) is 18.5. The molecule has 4 heteroatoms. The molecule has 0 aliphatic carbocycles. The summed E-state index contributed by atoms with van der Waals surface area (Å²) in [6.07, 6.45) is -0.845. The lowest BCUT2D eigenvalue weighted by molar-refractivity contribution is 0.0367. The van der Waals surface area contributed by atoms with Crippen molar-refractivity contribution in [1.82, 2.24) is 0 Å². The molecule has 3 nitrogen and oxygen atoms in total. The predicted molar refractivity (Wildman–Crippen MR) is 103 cm³/mol. The normalized spacial score (nSPS) is 16.5. The van der Waals surface area contributed by atoms with Crippen molar-refractivity contribution < 1.29 is 14.6 Å². The Kier molecular flexibility index (Phi) is 7.41. The number of benzene rings is 1. The standard InChI is InChI=1S/C20H34O3Si/c1-15(13-14-23-24(6,7)20(3,4)5)18(21)16(2)19(22)17-11-9-8-10-12-17/h8-12,16,18-19,21-22H,1,13-14H2,2-7H3/t16-,18+,19+/m0/s1. The van der Waals surface area contributed by atoms with E-state index in [9.17, 15) is 10.2 Å². The Bertz CT molecular complexity index is 519. The fourth-order valence-corrected chi connectivity index (χ4v) is 3.35. The fraction of sp³-hybridized carbons (Fsp3) is 0.600. The number of rotatable bonds is 8.